The summed E-state index contributed by atoms with van der Waals surface area (Å²) in [5.41, 5.74) is 4.75. The Kier molecular flexibility index (Phi) is 4.85. The van der Waals surface area contributed by atoms with Crippen molar-refractivity contribution in [3.8, 4) is 16.9 Å². The summed E-state index contributed by atoms with van der Waals surface area (Å²) in [5, 5.41) is 7.45. The molecule has 0 bridgehead atoms. The van der Waals surface area contributed by atoms with E-state index in [0.29, 0.717) is 16.8 Å². The van der Waals surface area contributed by atoms with Crippen molar-refractivity contribution >= 4 is 5.91 Å². The number of hydrogen-bond donors (Lipinski definition) is 1. The number of nitrogens with zero attached hydrogens (tertiary/aromatic N) is 2. The Morgan fingerprint density at radius 1 is 0.909 bits per heavy atom. The number of hydrogen-bond acceptors (Lipinski definition) is 2. The molecule has 2 heterocycles. The van der Waals surface area contributed by atoms with Gasteiger partial charge in [-0.25, -0.2) is 4.68 Å². The monoisotopic (exact) mass is 447 g/mol. The predicted octanol–water partition coefficient (Wildman–Crippen LogP) is 6.01. The number of alkyl halides is 3. The average molecular weight is 447 g/mol. The Morgan fingerprint density at radius 2 is 1.61 bits per heavy atom. The minimum atomic E-state index is -4.48. The molecule has 1 N–H and O–H groups in total. The predicted molar refractivity (Wildman–Crippen MR) is 119 cm³/mol. The van der Waals surface area contributed by atoms with Crippen LogP contribution in [0.25, 0.3) is 16.9 Å². The summed E-state index contributed by atoms with van der Waals surface area (Å²) < 4.78 is 41.8. The van der Waals surface area contributed by atoms with Gasteiger partial charge in [-0.3, -0.25) is 4.79 Å². The first-order valence-electron chi connectivity index (χ1n) is 10.5. The van der Waals surface area contributed by atoms with Crippen LogP contribution in [0.4, 0.5) is 13.2 Å². The zero-order chi connectivity index (χ0) is 23.3. The van der Waals surface area contributed by atoms with Gasteiger partial charge in [-0.15, -0.1) is 0 Å². The van der Waals surface area contributed by atoms with Gasteiger partial charge in [0.25, 0.3) is 5.91 Å². The number of aryl methyl sites for hydroxylation is 2. The third-order valence-corrected chi connectivity index (χ3v) is 5.75. The number of fused-ring (bicyclic) bond motifs is 1. The number of benzene rings is 3. The molecule has 1 unspecified atom stereocenters. The van der Waals surface area contributed by atoms with Gasteiger partial charge >= 0.3 is 6.18 Å². The van der Waals surface area contributed by atoms with Gasteiger partial charge in [0.15, 0.2) is 5.69 Å². The highest BCUT2D eigenvalue weighted by Gasteiger charge is 2.39. The normalized spacial score (nSPS) is 15.4. The van der Waals surface area contributed by atoms with Crippen molar-refractivity contribution in [2.24, 2.45) is 0 Å². The molecule has 0 saturated heterocycles. The van der Waals surface area contributed by atoms with Crippen LogP contribution < -0.4 is 5.32 Å². The van der Waals surface area contributed by atoms with Crippen LogP contribution in [0, 0.1) is 13.8 Å². The number of rotatable bonds is 3. The molecule has 1 aromatic heterocycles. The lowest BCUT2D eigenvalue weighted by Gasteiger charge is -2.18. The minimum Gasteiger partial charge on any atom is -0.340 e. The van der Waals surface area contributed by atoms with Crippen LogP contribution in [-0.2, 0) is 6.18 Å². The van der Waals surface area contributed by atoms with Crippen molar-refractivity contribution in [3.05, 3.63) is 106 Å². The number of carbonyl (C=O) groups excluding carboxylic acids is 1. The Bertz CT molecular complexity index is 1350. The van der Waals surface area contributed by atoms with Crippen LogP contribution in [0.5, 0.6) is 0 Å². The zero-order valence-corrected chi connectivity index (χ0v) is 17.9. The van der Waals surface area contributed by atoms with Gasteiger partial charge < -0.3 is 5.32 Å². The van der Waals surface area contributed by atoms with Crippen LogP contribution in [0.1, 0.15) is 44.3 Å². The average Bonchev–Trinajstić information content (AvgIpc) is 3.31. The number of carbonyl (C=O) groups is 1. The third kappa shape index (κ3) is 3.69. The van der Waals surface area contributed by atoms with Crippen molar-refractivity contribution in [3.63, 3.8) is 0 Å². The fraction of sp³-hybridized carbons (Fsp3) is 0.154. The van der Waals surface area contributed by atoms with E-state index in [0.717, 1.165) is 34.5 Å². The maximum Gasteiger partial charge on any atom is 0.416 e. The largest absolute Gasteiger partial charge is 0.416 e. The van der Waals surface area contributed by atoms with Crippen LogP contribution in [-0.4, -0.2) is 15.7 Å². The molecular weight excluding hydrogens is 427 g/mol. The van der Waals surface area contributed by atoms with E-state index in [4.69, 9.17) is 0 Å². The summed E-state index contributed by atoms with van der Waals surface area (Å²) in [5.74, 6) is -0.410. The van der Waals surface area contributed by atoms with Gasteiger partial charge in [-0.1, -0.05) is 48.5 Å². The van der Waals surface area contributed by atoms with E-state index in [1.54, 1.807) is 10.7 Å². The first kappa shape index (κ1) is 21.0. The van der Waals surface area contributed by atoms with Gasteiger partial charge in [0, 0.05) is 11.1 Å². The van der Waals surface area contributed by atoms with Crippen molar-refractivity contribution in [2.75, 3.05) is 0 Å². The van der Waals surface area contributed by atoms with Crippen molar-refractivity contribution < 1.29 is 18.0 Å². The van der Waals surface area contributed by atoms with E-state index < -0.39 is 23.7 Å². The van der Waals surface area contributed by atoms with Crippen LogP contribution in [0.3, 0.4) is 0 Å². The molecule has 7 heteroatoms. The molecule has 166 valence electrons. The highest BCUT2D eigenvalue weighted by molar-refractivity contribution is 6.00. The molecule has 0 spiro atoms. The molecule has 33 heavy (non-hydrogen) atoms. The van der Waals surface area contributed by atoms with Crippen molar-refractivity contribution in [1.29, 1.82) is 0 Å². The van der Waals surface area contributed by atoms with Gasteiger partial charge in [-0.2, -0.15) is 18.3 Å². The Balaban J connectivity index is 1.76. The summed E-state index contributed by atoms with van der Waals surface area (Å²) in [4.78, 5) is 12.9. The minimum absolute atomic E-state index is 0.218. The molecular formula is C26H20F3N3O. The fourth-order valence-electron chi connectivity index (χ4n) is 4.42. The topological polar surface area (TPSA) is 46.9 Å². The summed E-state index contributed by atoms with van der Waals surface area (Å²) in [7, 11) is 0. The molecule has 3 aromatic carbocycles. The smallest absolute Gasteiger partial charge is 0.340 e. The number of amides is 1. The molecule has 1 amide bonds. The molecule has 1 aliphatic rings. The van der Waals surface area contributed by atoms with E-state index >= 15 is 0 Å². The Morgan fingerprint density at radius 3 is 2.27 bits per heavy atom. The molecule has 0 radical (unpaired) electrons. The van der Waals surface area contributed by atoms with Gasteiger partial charge in [0.05, 0.1) is 23.0 Å². The van der Waals surface area contributed by atoms with Crippen LogP contribution in [0.2, 0.25) is 0 Å². The highest BCUT2D eigenvalue weighted by atomic mass is 19.4. The van der Waals surface area contributed by atoms with Crippen LogP contribution >= 0.6 is 0 Å². The van der Waals surface area contributed by atoms with E-state index in [1.165, 1.54) is 6.07 Å². The lowest BCUT2D eigenvalue weighted by Crippen LogP contribution is -2.22. The standard InChI is InChI=1S/C26H20F3N3O/c1-15-11-16(2)13-20(12-15)32-24(17-7-4-3-5-8-17)21-22(30-25(33)23(21)31-32)18-9-6-10-19(14-18)26(27,28)29/h3-14,22H,1-2H3,(H,30,33). The van der Waals surface area contributed by atoms with E-state index in [9.17, 15) is 18.0 Å². The molecule has 5 rings (SSSR count). The van der Waals surface area contributed by atoms with Gasteiger partial charge in [0.2, 0.25) is 0 Å². The SMILES string of the molecule is Cc1cc(C)cc(-n2nc3c(c2-c2ccccc2)C(c2cccc(C(F)(F)F)c2)NC3=O)c1. The van der Waals surface area contributed by atoms with E-state index in [-0.39, 0.29) is 5.69 Å². The molecule has 0 fully saturated rings. The molecule has 4 aromatic rings. The maximum atomic E-state index is 13.4. The van der Waals surface area contributed by atoms with Crippen LogP contribution in [0.15, 0.2) is 72.8 Å². The summed E-state index contributed by atoms with van der Waals surface area (Å²) in [6.45, 7) is 3.96. The highest BCUT2D eigenvalue weighted by Crippen LogP contribution is 2.41. The summed E-state index contributed by atoms with van der Waals surface area (Å²) in [6.07, 6.45) is -4.48. The molecule has 0 aliphatic carbocycles. The Hall–Kier alpha value is -3.87. The summed E-state index contributed by atoms with van der Waals surface area (Å²) >= 11 is 0. The second kappa shape index (κ2) is 7.62. The molecule has 1 aliphatic heterocycles. The number of aromatic nitrogens is 2. The molecule has 1 atom stereocenters. The molecule has 0 saturated carbocycles. The number of nitrogens with one attached hydrogen (secondary N) is 1. The number of halogens is 3. The molecule has 4 nitrogen and oxygen atoms in total. The fourth-order valence-corrected chi connectivity index (χ4v) is 4.42. The lowest BCUT2D eigenvalue weighted by molar-refractivity contribution is -0.137. The van der Waals surface area contributed by atoms with Gasteiger partial charge in [0.1, 0.15) is 0 Å². The van der Waals surface area contributed by atoms with Crippen molar-refractivity contribution in [2.45, 2.75) is 26.1 Å². The zero-order valence-electron chi connectivity index (χ0n) is 17.9. The first-order chi connectivity index (χ1) is 15.7. The Labute approximate surface area is 188 Å². The van der Waals surface area contributed by atoms with Gasteiger partial charge in [-0.05, 0) is 54.8 Å². The quantitative estimate of drug-likeness (QED) is 0.418. The summed E-state index contributed by atoms with van der Waals surface area (Å²) in [6, 6.07) is 19.8. The van der Waals surface area contributed by atoms with E-state index in [1.807, 2.05) is 62.4 Å². The van der Waals surface area contributed by atoms with E-state index in [2.05, 4.69) is 10.4 Å². The lowest BCUT2D eigenvalue weighted by atomic mass is 9.95. The maximum absolute atomic E-state index is 13.4. The first-order valence-corrected chi connectivity index (χ1v) is 10.5. The second-order valence-corrected chi connectivity index (χ2v) is 8.26. The van der Waals surface area contributed by atoms with Crippen molar-refractivity contribution in [1.82, 2.24) is 15.1 Å². The third-order valence-electron chi connectivity index (χ3n) is 5.75. The second-order valence-electron chi connectivity index (χ2n) is 8.26.